The Balaban J connectivity index is 0.000000489. The second-order valence-corrected chi connectivity index (χ2v) is 23.0. The van der Waals surface area contributed by atoms with Crippen molar-refractivity contribution in [2.45, 2.75) is 72.6 Å². The molecule has 12 rings (SSSR count). The Hall–Kier alpha value is -6.90. The Labute approximate surface area is 728 Å². The molecule has 30 heteroatoms. The quantitative estimate of drug-likeness (QED) is 0.0164. The largest absolute Gasteiger partial charge is 1.00 e. The molecule has 10 N–H and O–H groups in total. The minimum absolute atomic E-state index is 0. The Kier molecular flexibility index (Phi) is 42.8. The molecule has 0 amide bonds. The monoisotopic (exact) mass is 1600 g/mol. The molecule has 12 aromatic rings. The minimum atomic E-state index is -1.78. The van der Waals surface area contributed by atoms with E-state index in [1.165, 1.54) is 18.2 Å². The number of halogens is 5. The number of benzene rings is 9. The number of hydrogen-bond donors (Lipinski definition) is 6. The number of carboxylic acid groups (broad SMARTS) is 1. The van der Waals surface area contributed by atoms with Gasteiger partial charge >= 0.3 is 147 Å². The molecule has 0 saturated carbocycles. The molecule has 0 bridgehead atoms. The van der Waals surface area contributed by atoms with Crippen LogP contribution in [-0.4, -0.2) is 65.3 Å². The Morgan fingerprint density at radius 1 is 0.505 bits per heavy atom. The van der Waals surface area contributed by atoms with E-state index >= 15 is 4.39 Å². The summed E-state index contributed by atoms with van der Waals surface area (Å²) in [5, 5.41) is 37.6. The summed E-state index contributed by atoms with van der Waals surface area (Å²) >= 11 is 3.51. The summed E-state index contributed by atoms with van der Waals surface area (Å²) in [4.78, 5) is 46.0. The molecule has 3 heterocycles. The van der Waals surface area contributed by atoms with Gasteiger partial charge in [0.1, 0.15) is 71.3 Å². The smallest absolute Gasteiger partial charge is 1.00 e. The van der Waals surface area contributed by atoms with Crippen molar-refractivity contribution >= 4 is 98.2 Å². The van der Waals surface area contributed by atoms with Crippen LogP contribution < -0.4 is 164 Å². The predicted molar refractivity (Wildman–Crippen MR) is 389 cm³/mol. The standard InChI is InChI=1S/C26H24FNO4.C24H20FNO4.C19H17BrO4.C7H9BFNO2.CH2O3.ClH.2K.Li.H2O.H/c1-2-30-24(29)14-18-6-3-4-9-23(18)32-16-17-12-19-10-11-31-26(19)22(13-17)21-8-5-7-20(15-28)25(21)27;25-23-18(13-26)5-3-6-19(23)20-11-15(10-17-8-9-29-24(17)20)14-30-21-7-2-1-4-16(21)12-22(27)28;1-2-22-18(21)11-14-5-3-4-6-17(14)24-12-13-9-15-7-8-23-19(15)16(20)10-13;9-7-5(4-10)2-1-3-6(7)8(11)12;2-1-4-3;;;;;;/h3-13H,2,14-16,28H2,1H3;1-11H,12-14,26H2,(H,27,28);3-10H,2,11-12H2,1H3;1-3,11-12H,4,10H2;1,3H;1H;;;;1H2;/q;;;;;;3*+1;;-1/p-2. The third kappa shape index (κ3) is 27.0. The number of carbonyl (C=O) groups is 4. The molecule has 0 fully saturated rings. The number of aliphatic carboxylic acids is 1. The van der Waals surface area contributed by atoms with Crippen LogP contribution in [0.1, 0.15) is 65.3 Å². The topological polar surface area (TPSA) is 355 Å². The summed E-state index contributed by atoms with van der Waals surface area (Å²) in [5.41, 5.74) is 26.5. The fraction of sp³-hybridized carbons (Fsp3) is 0.169. The van der Waals surface area contributed by atoms with Gasteiger partial charge in [-0.15, -0.1) is 12.4 Å². The minimum Gasteiger partial charge on any atom is -1.00 e. The van der Waals surface area contributed by atoms with E-state index in [2.05, 4.69) is 20.8 Å². The maximum atomic E-state index is 15.0. The molecule has 546 valence electrons. The van der Waals surface area contributed by atoms with E-state index in [-0.39, 0.29) is 234 Å². The number of hydrogen-bond acceptors (Lipinski definition) is 20. The summed E-state index contributed by atoms with van der Waals surface area (Å²) in [5.74, 6) is -1.06. The molecule has 0 aliphatic carbocycles. The van der Waals surface area contributed by atoms with Crippen molar-refractivity contribution < 1.29 is 223 Å². The van der Waals surface area contributed by atoms with Gasteiger partial charge in [0.05, 0.1) is 55.7 Å². The van der Waals surface area contributed by atoms with Crippen LogP contribution in [0.3, 0.4) is 0 Å². The number of rotatable bonds is 24. The van der Waals surface area contributed by atoms with Gasteiger partial charge in [0.2, 0.25) is 0 Å². The maximum Gasteiger partial charge on any atom is 1.00 e. The van der Waals surface area contributed by atoms with Crippen LogP contribution in [0, 0.1) is 17.5 Å². The molecule has 0 unspecified atom stereocenters. The van der Waals surface area contributed by atoms with E-state index in [0.717, 1.165) is 54.0 Å². The van der Waals surface area contributed by atoms with Gasteiger partial charge in [-0.3, -0.25) is 19.2 Å². The Morgan fingerprint density at radius 2 is 0.841 bits per heavy atom. The van der Waals surface area contributed by atoms with Crippen molar-refractivity contribution in [3.05, 3.63) is 273 Å². The van der Waals surface area contributed by atoms with Crippen molar-refractivity contribution in [1.29, 1.82) is 0 Å². The van der Waals surface area contributed by atoms with Crippen molar-refractivity contribution in [3.63, 3.8) is 0 Å². The molecular formula is C77H74BBrClF3K2LiN3O18. The third-order valence-corrected chi connectivity index (χ3v) is 15.9. The van der Waals surface area contributed by atoms with E-state index in [1.54, 1.807) is 93.3 Å². The first-order valence-corrected chi connectivity index (χ1v) is 32.5. The van der Waals surface area contributed by atoms with E-state index in [9.17, 15) is 23.2 Å². The number of ether oxygens (including phenoxy) is 5. The zero-order chi connectivity index (χ0) is 73.1. The fourth-order valence-electron chi connectivity index (χ4n) is 10.6. The molecule has 107 heavy (non-hydrogen) atoms. The van der Waals surface area contributed by atoms with Crippen molar-refractivity contribution in [3.8, 4) is 39.5 Å². The van der Waals surface area contributed by atoms with Gasteiger partial charge in [-0.25, -0.2) is 13.2 Å². The molecule has 0 radical (unpaired) electrons. The van der Waals surface area contributed by atoms with Crippen LogP contribution in [-0.2, 0) is 92.3 Å². The van der Waals surface area contributed by atoms with Gasteiger partial charge in [-0.2, -0.15) is 0 Å². The van der Waals surface area contributed by atoms with Gasteiger partial charge in [-0.05, 0) is 119 Å². The van der Waals surface area contributed by atoms with E-state index in [1.807, 2.05) is 103 Å². The van der Waals surface area contributed by atoms with Crippen molar-refractivity contribution in [2.75, 3.05) is 13.2 Å². The number of esters is 2. The summed E-state index contributed by atoms with van der Waals surface area (Å²) < 4.78 is 88.6. The van der Waals surface area contributed by atoms with Crippen LogP contribution in [0.25, 0.3) is 55.2 Å². The molecule has 0 aliphatic rings. The first-order valence-electron chi connectivity index (χ1n) is 31.7. The molecular weight excluding hydrogens is 1520 g/mol. The van der Waals surface area contributed by atoms with Crippen LogP contribution in [0.2, 0.25) is 0 Å². The van der Waals surface area contributed by atoms with Crippen molar-refractivity contribution in [2.24, 2.45) is 17.2 Å². The summed E-state index contributed by atoms with van der Waals surface area (Å²) in [6.07, 6.45) is 5.01. The number of carboxylic acids is 1. The zero-order valence-electron chi connectivity index (χ0n) is 60.1. The number of para-hydroxylation sites is 3. The van der Waals surface area contributed by atoms with Crippen LogP contribution in [0.5, 0.6) is 17.2 Å². The molecule has 3 aromatic heterocycles. The van der Waals surface area contributed by atoms with Crippen molar-refractivity contribution in [1.82, 2.24) is 0 Å². The Morgan fingerprint density at radius 3 is 1.21 bits per heavy atom. The van der Waals surface area contributed by atoms with Gasteiger partial charge in [0, 0.05) is 96.9 Å². The first kappa shape index (κ1) is 94.3. The molecule has 0 aliphatic heterocycles. The number of fused-ring (bicyclic) bond motifs is 3. The third-order valence-electron chi connectivity index (χ3n) is 15.3. The molecule has 0 spiro atoms. The SMILES string of the molecule is CCOC(=O)Cc1ccccc1OCc1cc(-c2cccc(CN)c2F)c2occc2c1.CCOC(=O)Cc1ccccc1OCc1cc(Br)c2occc2c1.Cl.NCc1cccc(-c2cc(COc3ccccc3CC(=O)O)cc3ccoc23)c1F.NCc1cccc(B(O)O)c1F.O=CO[O-].[H-].[K+].[K+].[Li+].[OH-]. The summed E-state index contributed by atoms with van der Waals surface area (Å²) in [6, 6.07) is 53.6. The van der Waals surface area contributed by atoms with Gasteiger partial charge < -0.3 is 86.3 Å². The zero-order valence-corrected chi connectivity index (χ0v) is 67.8. The van der Waals surface area contributed by atoms with Crippen LogP contribution in [0.4, 0.5) is 13.2 Å². The average molecular weight is 1600 g/mol. The van der Waals surface area contributed by atoms with E-state index in [4.69, 9.17) is 79.3 Å². The molecule has 0 saturated heterocycles. The molecule has 21 nitrogen and oxygen atoms in total. The van der Waals surface area contributed by atoms with E-state index in [0.29, 0.717) is 87.2 Å². The first-order chi connectivity index (χ1) is 49.4. The number of carbonyl (C=O) groups excluding carboxylic acids is 3. The van der Waals surface area contributed by atoms with E-state index < -0.39 is 18.9 Å². The molecule has 0 atom stereocenters. The summed E-state index contributed by atoms with van der Waals surface area (Å²) in [6.45, 7) is 5.20. The second-order valence-electron chi connectivity index (χ2n) is 22.2. The average Bonchev–Trinajstić information content (AvgIpc) is 1.50. The number of furan rings is 3. The molecule has 9 aromatic carbocycles. The maximum absolute atomic E-state index is 15.0. The second kappa shape index (κ2) is 48.6. The van der Waals surface area contributed by atoms with Gasteiger partial charge in [0.25, 0.3) is 6.47 Å². The normalized spacial score (nSPS) is 10.1. The summed E-state index contributed by atoms with van der Waals surface area (Å²) in [7, 11) is -1.78. The Bertz CT molecular complexity index is 4830. The fourth-order valence-corrected chi connectivity index (χ4v) is 11.3. The van der Waals surface area contributed by atoms with Crippen LogP contribution >= 0.6 is 28.3 Å². The van der Waals surface area contributed by atoms with Crippen LogP contribution in [0.15, 0.2) is 219 Å². The van der Waals surface area contributed by atoms with Gasteiger partial charge in [-0.1, -0.05) is 109 Å². The number of nitrogens with two attached hydrogens (primary N) is 3. The predicted octanol–water partition coefficient (Wildman–Crippen LogP) is 3.93. The van der Waals surface area contributed by atoms with Gasteiger partial charge in [0.15, 0.2) is 0 Å².